The Hall–Kier alpha value is -0.920. The number of nitrogens with zero attached hydrogens (tertiary/aromatic N) is 1. The molecule has 1 saturated carbocycles. The van der Waals surface area contributed by atoms with Crippen molar-refractivity contribution < 1.29 is 12.9 Å². The van der Waals surface area contributed by atoms with Crippen LogP contribution in [0, 0.1) is 19.8 Å². The minimum absolute atomic E-state index is 0.142. The minimum atomic E-state index is -3.67. The van der Waals surface area contributed by atoms with Crippen molar-refractivity contribution in [3.8, 4) is 0 Å². The fourth-order valence-electron chi connectivity index (χ4n) is 3.09. The van der Waals surface area contributed by atoms with E-state index < -0.39 is 15.6 Å². The van der Waals surface area contributed by atoms with Gasteiger partial charge in [-0.05, 0) is 32.6 Å². The predicted molar refractivity (Wildman–Crippen MR) is 75.7 cm³/mol. The first kappa shape index (κ1) is 15.5. The number of rotatable bonds is 4. The highest BCUT2D eigenvalue weighted by atomic mass is 32.2. The molecule has 0 bridgehead atoms. The zero-order valence-electron chi connectivity index (χ0n) is 12.3. The van der Waals surface area contributed by atoms with E-state index >= 15 is 0 Å². The van der Waals surface area contributed by atoms with Crippen molar-refractivity contribution in [2.24, 2.45) is 11.7 Å². The Morgan fingerprint density at radius 2 is 2.15 bits per heavy atom. The lowest BCUT2D eigenvalue weighted by molar-refractivity contribution is 0.191. The molecule has 20 heavy (non-hydrogen) atoms. The summed E-state index contributed by atoms with van der Waals surface area (Å²) in [7, 11) is -3.67. The maximum absolute atomic E-state index is 12.6. The van der Waals surface area contributed by atoms with E-state index in [1.807, 2.05) is 0 Å². The first-order chi connectivity index (χ1) is 9.32. The van der Waals surface area contributed by atoms with Crippen LogP contribution in [0.1, 0.15) is 44.1 Å². The van der Waals surface area contributed by atoms with E-state index in [1.165, 1.54) is 0 Å². The summed E-state index contributed by atoms with van der Waals surface area (Å²) in [5.74, 6) is 0.530. The summed E-state index contributed by atoms with van der Waals surface area (Å²) in [6.45, 7) is 5.59. The van der Waals surface area contributed by atoms with Crippen LogP contribution < -0.4 is 10.5 Å². The van der Waals surface area contributed by atoms with E-state index in [0.29, 0.717) is 18.0 Å². The highest BCUT2D eigenvalue weighted by molar-refractivity contribution is 7.89. The number of aromatic nitrogens is 1. The lowest BCUT2D eigenvalue weighted by atomic mass is 9.74. The van der Waals surface area contributed by atoms with E-state index in [9.17, 15) is 8.42 Å². The third-order valence-corrected chi connectivity index (χ3v) is 6.19. The molecule has 1 aromatic rings. The zero-order valence-corrected chi connectivity index (χ0v) is 13.1. The van der Waals surface area contributed by atoms with Gasteiger partial charge < -0.3 is 10.3 Å². The lowest BCUT2D eigenvalue weighted by Gasteiger charge is -2.42. The first-order valence-corrected chi connectivity index (χ1v) is 8.47. The third-order valence-electron chi connectivity index (χ3n) is 4.39. The van der Waals surface area contributed by atoms with Crippen LogP contribution in [0.5, 0.6) is 0 Å². The summed E-state index contributed by atoms with van der Waals surface area (Å²) in [5, 5.41) is 3.72. The molecular formula is C13H23N3O3S. The van der Waals surface area contributed by atoms with Gasteiger partial charge in [0.2, 0.25) is 10.0 Å². The van der Waals surface area contributed by atoms with Gasteiger partial charge in [-0.25, -0.2) is 13.1 Å². The normalized spacial score (nSPS) is 27.7. The molecule has 0 spiro atoms. The quantitative estimate of drug-likeness (QED) is 0.877. The summed E-state index contributed by atoms with van der Waals surface area (Å²) in [4.78, 5) is 0.142. The van der Waals surface area contributed by atoms with E-state index in [-0.39, 0.29) is 10.8 Å². The second-order valence-electron chi connectivity index (χ2n) is 5.77. The molecule has 1 fully saturated rings. The molecule has 7 heteroatoms. The Morgan fingerprint density at radius 3 is 2.65 bits per heavy atom. The van der Waals surface area contributed by atoms with Crippen LogP contribution in [0.2, 0.25) is 0 Å². The van der Waals surface area contributed by atoms with Crippen molar-refractivity contribution in [2.75, 3.05) is 6.54 Å². The highest BCUT2D eigenvalue weighted by Crippen LogP contribution is 2.34. The molecule has 114 valence electrons. The van der Waals surface area contributed by atoms with Crippen molar-refractivity contribution in [1.29, 1.82) is 0 Å². The summed E-state index contributed by atoms with van der Waals surface area (Å²) in [6.07, 6.45) is 3.87. The molecule has 1 heterocycles. The number of nitrogens with two attached hydrogens (primary N) is 1. The Morgan fingerprint density at radius 1 is 1.45 bits per heavy atom. The zero-order chi connectivity index (χ0) is 15.0. The smallest absolute Gasteiger partial charge is 0.246 e. The average Bonchev–Trinajstić information content (AvgIpc) is 2.72. The molecular weight excluding hydrogens is 278 g/mol. The maximum atomic E-state index is 12.6. The topological polar surface area (TPSA) is 98.2 Å². The predicted octanol–water partition coefficient (Wildman–Crippen LogP) is 1.48. The van der Waals surface area contributed by atoms with Crippen LogP contribution >= 0.6 is 0 Å². The molecule has 2 unspecified atom stereocenters. The van der Waals surface area contributed by atoms with E-state index in [1.54, 1.807) is 13.8 Å². The van der Waals surface area contributed by atoms with Crippen molar-refractivity contribution in [1.82, 2.24) is 9.88 Å². The van der Waals surface area contributed by atoms with Crippen LogP contribution in [-0.4, -0.2) is 25.7 Å². The van der Waals surface area contributed by atoms with Gasteiger partial charge in [-0.1, -0.05) is 24.9 Å². The second-order valence-corrected chi connectivity index (χ2v) is 7.39. The van der Waals surface area contributed by atoms with E-state index in [2.05, 4.69) is 16.8 Å². The lowest BCUT2D eigenvalue weighted by Crippen LogP contribution is -2.59. The Balaban J connectivity index is 2.36. The van der Waals surface area contributed by atoms with E-state index in [0.717, 1.165) is 25.7 Å². The number of hydrogen-bond acceptors (Lipinski definition) is 5. The van der Waals surface area contributed by atoms with Gasteiger partial charge in [0.25, 0.3) is 0 Å². The molecule has 2 rings (SSSR count). The van der Waals surface area contributed by atoms with Gasteiger partial charge in [-0.2, -0.15) is 0 Å². The number of hydrogen-bond donors (Lipinski definition) is 2. The van der Waals surface area contributed by atoms with Crippen LogP contribution in [-0.2, 0) is 10.0 Å². The standard InChI is InChI=1S/C13H23N3O3S/c1-9-6-4-5-7-13(9,8-14)16-20(17,18)12-10(2)15-19-11(12)3/h9,16H,4-8,14H2,1-3H3. The molecule has 1 aliphatic carbocycles. The molecule has 0 radical (unpaired) electrons. The number of sulfonamides is 1. The molecule has 3 N–H and O–H groups in total. The van der Waals surface area contributed by atoms with Crippen molar-refractivity contribution in [2.45, 2.75) is 56.9 Å². The SMILES string of the molecule is Cc1noc(C)c1S(=O)(=O)NC1(CN)CCCCC1C. The van der Waals surface area contributed by atoms with Gasteiger partial charge in [-0.3, -0.25) is 0 Å². The summed E-state index contributed by atoms with van der Waals surface area (Å²) in [5.41, 5.74) is 5.72. The van der Waals surface area contributed by atoms with Gasteiger partial charge in [0.05, 0.1) is 0 Å². The fraction of sp³-hybridized carbons (Fsp3) is 0.769. The van der Waals surface area contributed by atoms with Crippen LogP contribution in [0.25, 0.3) is 0 Å². The van der Waals surface area contributed by atoms with Crippen LogP contribution in [0.3, 0.4) is 0 Å². The van der Waals surface area contributed by atoms with Crippen LogP contribution in [0.4, 0.5) is 0 Å². The highest BCUT2D eigenvalue weighted by Gasteiger charge is 2.41. The summed E-state index contributed by atoms with van der Waals surface area (Å²) < 4.78 is 33.1. The largest absolute Gasteiger partial charge is 0.360 e. The molecule has 1 aromatic heterocycles. The Bertz CT molecular complexity index is 562. The van der Waals surface area contributed by atoms with Gasteiger partial charge in [0.1, 0.15) is 10.6 Å². The number of aryl methyl sites for hydroxylation is 2. The van der Waals surface area contributed by atoms with Gasteiger partial charge >= 0.3 is 0 Å². The maximum Gasteiger partial charge on any atom is 0.246 e. The molecule has 0 aromatic carbocycles. The van der Waals surface area contributed by atoms with E-state index in [4.69, 9.17) is 10.3 Å². The van der Waals surface area contributed by atoms with Gasteiger partial charge in [0, 0.05) is 12.1 Å². The van der Waals surface area contributed by atoms with Gasteiger partial charge in [0.15, 0.2) is 5.76 Å². The van der Waals surface area contributed by atoms with Crippen molar-refractivity contribution in [3.63, 3.8) is 0 Å². The summed E-state index contributed by atoms with van der Waals surface area (Å²) >= 11 is 0. The minimum Gasteiger partial charge on any atom is -0.360 e. The fourth-order valence-corrected chi connectivity index (χ4v) is 4.95. The summed E-state index contributed by atoms with van der Waals surface area (Å²) in [6, 6.07) is 0. The van der Waals surface area contributed by atoms with Gasteiger partial charge in [-0.15, -0.1) is 0 Å². The second kappa shape index (κ2) is 5.46. The molecule has 2 atom stereocenters. The molecule has 0 saturated heterocycles. The Kier molecular flexibility index (Phi) is 4.22. The Labute approximate surface area is 120 Å². The average molecular weight is 301 g/mol. The first-order valence-electron chi connectivity index (χ1n) is 6.99. The molecule has 0 amide bonds. The molecule has 6 nitrogen and oxygen atoms in total. The molecule has 0 aliphatic heterocycles. The monoisotopic (exact) mass is 301 g/mol. The number of nitrogens with one attached hydrogen (secondary N) is 1. The molecule has 1 aliphatic rings. The van der Waals surface area contributed by atoms with Crippen LogP contribution in [0.15, 0.2) is 9.42 Å². The third kappa shape index (κ3) is 2.62. The van der Waals surface area contributed by atoms with Crippen molar-refractivity contribution >= 4 is 10.0 Å². The van der Waals surface area contributed by atoms with Crippen molar-refractivity contribution in [3.05, 3.63) is 11.5 Å².